The summed E-state index contributed by atoms with van der Waals surface area (Å²) in [6.45, 7) is 2.36. The molecule has 0 radical (unpaired) electrons. The number of nitrogens with zero attached hydrogens (tertiary/aromatic N) is 3. The SMILES string of the molecule is Cc1nc(-c2ncccn2)sc1C(=O)NCc1cccs1. The van der Waals surface area contributed by atoms with Gasteiger partial charge >= 0.3 is 0 Å². The van der Waals surface area contributed by atoms with Crippen molar-refractivity contribution in [2.75, 3.05) is 0 Å². The third-order valence-corrected chi connectivity index (χ3v) is 4.79. The van der Waals surface area contributed by atoms with Gasteiger partial charge in [-0.1, -0.05) is 6.07 Å². The molecule has 0 saturated carbocycles. The molecule has 0 bridgehead atoms. The van der Waals surface area contributed by atoms with E-state index in [1.54, 1.807) is 29.8 Å². The van der Waals surface area contributed by atoms with Crippen LogP contribution in [0, 0.1) is 6.92 Å². The number of carbonyl (C=O) groups excluding carboxylic acids is 1. The molecule has 3 heterocycles. The predicted molar refractivity (Wildman–Crippen MR) is 83.4 cm³/mol. The molecule has 0 spiro atoms. The molecule has 3 aromatic heterocycles. The Hall–Kier alpha value is -2.12. The van der Waals surface area contributed by atoms with Crippen LogP contribution in [0.4, 0.5) is 0 Å². The first-order valence-corrected chi connectivity index (χ1v) is 7.99. The Bertz CT molecular complexity index is 738. The van der Waals surface area contributed by atoms with Crippen LogP contribution >= 0.6 is 22.7 Å². The average molecular weight is 316 g/mol. The number of hydrogen-bond donors (Lipinski definition) is 1. The molecule has 0 aliphatic heterocycles. The van der Waals surface area contributed by atoms with E-state index in [2.05, 4.69) is 20.3 Å². The summed E-state index contributed by atoms with van der Waals surface area (Å²) in [6, 6.07) is 5.71. The smallest absolute Gasteiger partial charge is 0.263 e. The number of amides is 1. The second-order valence-corrected chi connectivity index (χ2v) is 6.30. The molecule has 106 valence electrons. The molecule has 0 fully saturated rings. The molecule has 1 N–H and O–H groups in total. The van der Waals surface area contributed by atoms with Crippen LogP contribution < -0.4 is 5.32 Å². The topological polar surface area (TPSA) is 67.8 Å². The molecular weight excluding hydrogens is 304 g/mol. The van der Waals surface area contributed by atoms with E-state index in [0.717, 1.165) is 4.88 Å². The molecule has 3 rings (SSSR count). The van der Waals surface area contributed by atoms with Crippen LogP contribution in [-0.2, 0) is 6.54 Å². The summed E-state index contributed by atoms with van der Waals surface area (Å²) in [5.74, 6) is 0.434. The predicted octanol–water partition coefficient (Wildman–Crippen LogP) is 2.90. The maximum absolute atomic E-state index is 12.2. The highest BCUT2D eigenvalue weighted by Gasteiger charge is 2.17. The average Bonchev–Trinajstić information content (AvgIpc) is 3.15. The van der Waals surface area contributed by atoms with Gasteiger partial charge < -0.3 is 5.32 Å². The number of aromatic nitrogens is 3. The molecule has 21 heavy (non-hydrogen) atoms. The van der Waals surface area contributed by atoms with Crippen molar-refractivity contribution >= 4 is 28.6 Å². The Balaban J connectivity index is 1.76. The van der Waals surface area contributed by atoms with Gasteiger partial charge in [-0.05, 0) is 24.4 Å². The second-order valence-electron chi connectivity index (χ2n) is 4.27. The minimum Gasteiger partial charge on any atom is -0.346 e. The second kappa shape index (κ2) is 6.11. The van der Waals surface area contributed by atoms with Crippen LogP contribution in [0.15, 0.2) is 36.0 Å². The lowest BCUT2D eigenvalue weighted by Crippen LogP contribution is -2.22. The van der Waals surface area contributed by atoms with E-state index in [1.807, 2.05) is 24.4 Å². The van der Waals surface area contributed by atoms with Gasteiger partial charge in [0, 0.05) is 17.3 Å². The minimum atomic E-state index is -0.111. The molecular formula is C14H12N4OS2. The van der Waals surface area contributed by atoms with Gasteiger partial charge in [0.1, 0.15) is 4.88 Å². The summed E-state index contributed by atoms with van der Waals surface area (Å²) in [4.78, 5) is 26.7. The van der Waals surface area contributed by atoms with Crippen LogP contribution in [0.1, 0.15) is 20.2 Å². The van der Waals surface area contributed by atoms with Crippen molar-refractivity contribution in [3.05, 3.63) is 51.4 Å². The number of carbonyl (C=O) groups is 1. The van der Waals surface area contributed by atoms with Gasteiger partial charge in [0.25, 0.3) is 5.91 Å². The number of nitrogens with one attached hydrogen (secondary N) is 1. The molecule has 0 aliphatic rings. The summed E-state index contributed by atoms with van der Waals surface area (Å²) >= 11 is 2.93. The highest BCUT2D eigenvalue weighted by molar-refractivity contribution is 7.17. The van der Waals surface area contributed by atoms with E-state index in [0.29, 0.717) is 27.9 Å². The zero-order valence-electron chi connectivity index (χ0n) is 11.2. The maximum atomic E-state index is 12.2. The Morgan fingerprint density at radius 2 is 2.10 bits per heavy atom. The molecule has 0 atom stereocenters. The maximum Gasteiger partial charge on any atom is 0.263 e. The zero-order valence-corrected chi connectivity index (χ0v) is 12.9. The Morgan fingerprint density at radius 1 is 1.29 bits per heavy atom. The van der Waals surface area contributed by atoms with Crippen molar-refractivity contribution < 1.29 is 4.79 Å². The lowest BCUT2D eigenvalue weighted by molar-refractivity contribution is 0.0954. The fourth-order valence-electron chi connectivity index (χ4n) is 1.77. The summed E-state index contributed by atoms with van der Waals surface area (Å²) in [5.41, 5.74) is 0.700. The molecule has 1 amide bonds. The van der Waals surface area contributed by atoms with E-state index in [4.69, 9.17) is 0 Å². The number of aryl methyl sites for hydroxylation is 1. The molecule has 0 aliphatic carbocycles. The fourth-order valence-corrected chi connectivity index (χ4v) is 3.35. The normalized spacial score (nSPS) is 10.5. The highest BCUT2D eigenvalue weighted by atomic mass is 32.1. The standard InChI is InChI=1S/C14H12N4OS2/c1-9-11(13(19)17-8-10-4-2-7-20-10)21-14(18-9)12-15-5-3-6-16-12/h2-7H,8H2,1H3,(H,17,19). The molecule has 0 saturated heterocycles. The summed E-state index contributed by atoms with van der Waals surface area (Å²) in [7, 11) is 0. The molecule has 0 aromatic carbocycles. The molecule has 0 unspecified atom stereocenters. The summed E-state index contributed by atoms with van der Waals surface area (Å²) in [5, 5.41) is 5.56. The minimum absolute atomic E-state index is 0.111. The zero-order chi connectivity index (χ0) is 14.7. The van der Waals surface area contributed by atoms with Gasteiger partial charge in [-0.3, -0.25) is 4.79 Å². The van der Waals surface area contributed by atoms with Crippen LogP contribution in [0.25, 0.3) is 10.8 Å². The third kappa shape index (κ3) is 3.14. The molecule has 5 nitrogen and oxygen atoms in total. The number of thiophene rings is 1. The summed E-state index contributed by atoms with van der Waals surface area (Å²) in [6.07, 6.45) is 3.32. The first kappa shape index (κ1) is 13.8. The van der Waals surface area contributed by atoms with Gasteiger partial charge in [-0.25, -0.2) is 15.0 Å². The lowest BCUT2D eigenvalue weighted by atomic mass is 10.3. The van der Waals surface area contributed by atoms with Gasteiger partial charge in [0.2, 0.25) is 0 Å². The van der Waals surface area contributed by atoms with Crippen molar-refractivity contribution in [2.24, 2.45) is 0 Å². The molecule has 7 heteroatoms. The van der Waals surface area contributed by atoms with Crippen LogP contribution in [0.5, 0.6) is 0 Å². The van der Waals surface area contributed by atoms with E-state index >= 15 is 0 Å². The van der Waals surface area contributed by atoms with Crippen LogP contribution in [0.2, 0.25) is 0 Å². The van der Waals surface area contributed by atoms with E-state index < -0.39 is 0 Å². The van der Waals surface area contributed by atoms with Gasteiger partial charge in [0.05, 0.1) is 12.2 Å². The third-order valence-electron chi connectivity index (χ3n) is 2.76. The van der Waals surface area contributed by atoms with Crippen molar-refractivity contribution in [3.63, 3.8) is 0 Å². The monoisotopic (exact) mass is 316 g/mol. The van der Waals surface area contributed by atoms with Gasteiger partial charge in [-0.2, -0.15) is 0 Å². The number of thiazole rings is 1. The van der Waals surface area contributed by atoms with Crippen LogP contribution in [0.3, 0.4) is 0 Å². The van der Waals surface area contributed by atoms with Crippen molar-refractivity contribution in [3.8, 4) is 10.8 Å². The molecule has 3 aromatic rings. The van der Waals surface area contributed by atoms with Gasteiger partial charge in [-0.15, -0.1) is 22.7 Å². The van der Waals surface area contributed by atoms with E-state index in [-0.39, 0.29) is 5.91 Å². The highest BCUT2D eigenvalue weighted by Crippen LogP contribution is 2.25. The lowest BCUT2D eigenvalue weighted by Gasteiger charge is -2.01. The largest absolute Gasteiger partial charge is 0.346 e. The first-order valence-electron chi connectivity index (χ1n) is 6.29. The Labute approximate surface area is 129 Å². The van der Waals surface area contributed by atoms with Crippen molar-refractivity contribution in [2.45, 2.75) is 13.5 Å². The number of hydrogen-bond acceptors (Lipinski definition) is 6. The van der Waals surface area contributed by atoms with E-state index in [9.17, 15) is 4.79 Å². The van der Waals surface area contributed by atoms with Crippen LogP contribution in [-0.4, -0.2) is 20.9 Å². The Morgan fingerprint density at radius 3 is 2.81 bits per heavy atom. The van der Waals surface area contributed by atoms with Crippen molar-refractivity contribution in [1.29, 1.82) is 0 Å². The summed E-state index contributed by atoms with van der Waals surface area (Å²) < 4.78 is 0. The first-order chi connectivity index (χ1) is 10.2. The quantitative estimate of drug-likeness (QED) is 0.803. The number of rotatable bonds is 4. The Kier molecular flexibility index (Phi) is 4.03. The van der Waals surface area contributed by atoms with Crippen molar-refractivity contribution in [1.82, 2.24) is 20.3 Å². The van der Waals surface area contributed by atoms with Gasteiger partial charge in [0.15, 0.2) is 10.8 Å². The van der Waals surface area contributed by atoms with E-state index in [1.165, 1.54) is 11.3 Å². The fraction of sp³-hybridized carbons (Fsp3) is 0.143.